The molecule has 134 valence electrons. The first kappa shape index (κ1) is 17.5. The van der Waals surface area contributed by atoms with Gasteiger partial charge in [-0.25, -0.2) is 0 Å². The van der Waals surface area contributed by atoms with E-state index in [-0.39, 0.29) is 11.8 Å². The van der Waals surface area contributed by atoms with Crippen molar-refractivity contribution < 1.29 is 14.3 Å². The molecule has 1 fully saturated rings. The predicted octanol–water partition coefficient (Wildman–Crippen LogP) is 2.77. The van der Waals surface area contributed by atoms with E-state index in [4.69, 9.17) is 4.74 Å². The van der Waals surface area contributed by atoms with E-state index in [0.717, 1.165) is 30.8 Å². The molecule has 3 rings (SSSR count). The topological polar surface area (TPSA) is 49.9 Å². The van der Waals surface area contributed by atoms with Crippen LogP contribution in [0, 0.1) is 11.8 Å². The van der Waals surface area contributed by atoms with Gasteiger partial charge < -0.3 is 9.64 Å². The lowest BCUT2D eigenvalue weighted by Gasteiger charge is -2.37. The molecule has 0 radical (unpaired) electrons. The number of carbonyl (C=O) groups is 2. The molecule has 0 bridgehead atoms. The van der Waals surface area contributed by atoms with E-state index in [1.807, 2.05) is 31.2 Å². The van der Waals surface area contributed by atoms with Crippen LogP contribution in [0.4, 0.5) is 0 Å². The Morgan fingerprint density at radius 3 is 2.16 bits per heavy atom. The van der Waals surface area contributed by atoms with Gasteiger partial charge in [0.05, 0.1) is 12.7 Å². The summed E-state index contributed by atoms with van der Waals surface area (Å²) in [5.74, 6) is 1.38. The average molecular weight is 342 g/mol. The monoisotopic (exact) mass is 342 g/mol. The Hall–Kier alpha value is -2.30. The van der Waals surface area contributed by atoms with Crippen LogP contribution in [0.1, 0.15) is 32.8 Å². The van der Waals surface area contributed by atoms with E-state index >= 15 is 0 Å². The van der Waals surface area contributed by atoms with Gasteiger partial charge in [-0.05, 0) is 42.9 Å². The van der Waals surface area contributed by atoms with Crippen LogP contribution in [-0.4, -0.2) is 48.4 Å². The van der Waals surface area contributed by atoms with Gasteiger partial charge in [0.1, 0.15) is 11.4 Å². The zero-order valence-corrected chi connectivity index (χ0v) is 15.4. The summed E-state index contributed by atoms with van der Waals surface area (Å²) < 4.78 is 5.20. The summed E-state index contributed by atoms with van der Waals surface area (Å²) in [7, 11) is 1.61. The minimum Gasteiger partial charge on any atom is -0.497 e. The van der Waals surface area contributed by atoms with E-state index in [2.05, 4.69) is 18.7 Å². The third-order valence-electron chi connectivity index (χ3n) is 5.02. The van der Waals surface area contributed by atoms with Crippen molar-refractivity contribution in [3.8, 4) is 5.75 Å². The number of benzene rings is 1. The van der Waals surface area contributed by atoms with Crippen LogP contribution >= 0.6 is 0 Å². The molecule has 0 aliphatic carbocycles. The second kappa shape index (κ2) is 6.90. The number of nitrogens with zero attached hydrogens (tertiary/aromatic N) is 2. The maximum absolute atomic E-state index is 12.9. The van der Waals surface area contributed by atoms with E-state index in [1.165, 1.54) is 4.90 Å². The minimum absolute atomic E-state index is 0.167. The summed E-state index contributed by atoms with van der Waals surface area (Å²) in [4.78, 5) is 29.3. The fraction of sp³-hybridized carbons (Fsp3) is 0.500. The van der Waals surface area contributed by atoms with Gasteiger partial charge in [-0.2, -0.15) is 0 Å². The predicted molar refractivity (Wildman–Crippen MR) is 96.8 cm³/mol. The molecule has 0 saturated carbocycles. The van der Waals surface area contributed by atoms with Gasteiger partial charge in [0.15, 0.2) is 0 Å². The van der Waals surface area contributed by atoms with Crippen molar-refractivity contribution in [2.24, 2.45) is 11.8 Å². The quantitative estimate of drug-likeness (QED) is 0.790. The summed E-state index contributed by atoms with van der Waals surface area (Å²) >= 11 is 0. The molecule has 25 heavy (non-hydrogen) atoms. The summed E-state index contributed by atoms with van der Waals surface area (Å²) in [6.45, 7) is 8.27. The third-order valence-corrected chi connectivity index (χ3v) is 5.02. The fourth-order valence-electron chi connectivity index (χ4n) is 4.01. The van der Waals surface area contributed by atoms with E-state index in [1.54, 1.807) is 7.11 Å². The maximum Gasteiger partial charge on any atom is 0.277 e. The van der Waals surface area contributed by atoms with Crippen molar-refractivity contribution in [3.63, 3.8) is 0 Å². The van der Waals surface area contributed by atoms with E-state index in [9.17, 15) is 9.59 Å². The smallest absolute Gasteiger partial charge is 0.277 e. The highest BCUT2D eigenvalue weighted by molar-refractivity contribution is 6.35. The molecule has 0 aromatic heterocycles. The molecule has 0 N–H and O–H groups in total. The molecule has 2 heterocycles. The summed E-state index contributed by atoms with van der Waals surface area (Å²) in [5.41, 5.74) is 1.86. The van der Waals surface area contributed by atoms with Gasteiger partial charge in [0.2, 0.25) is 0 Å². The lowest BCUT2D eigenvalue weighted by atomic mass is 9.91. The Labute approximate surface area is 149 Å². The number of imide groups is 1. The number of piperidine rings is 1. The number of carbonyl (C=O) groups excluding carboxylic acids is 2. The SMILES string of the molecule is CCN1C(=O)C(c2ccc(OC)cc2)=C(N2CC(C)CC(C)C2)C1=O. The van der Waals surface area contributed by atoms with Crippen molar-refractivity contribution in [1.29, 1.82) is 0 Å². The van der Waals surface area contributed by atoms with Gasteiger partial charge in [0.25, 0.3) is 11.8 Å². The van der Waals surface area contributed by atoms with E-state index < -0.39 is 0 Å². The number of amides is 2. The third kappa shape index (κ3) is 3.15. The van der Waals surface area contributed by atoms with Gasteiger partial charge in [0, 0.05) is 19.6 Å². The molecular formula is C20H26N2O3. The molecule has 2 aliphatic heterocycles. The molecule has 5 nitrogen and oxygen atoms in total. The number of methoxy groups -OCH3 is 1. The molecule has 1 saturated heterocycles. The van der Waals surface area contributed by atoms with Crippen LogP contribution < -0.4 is 4.74 Å². The highest BCUT2D eigenvalue weighted by Gasteiger charge is 2.42. The average Bonchev–Trinajstić information content (AvgIpc) is 2.84. The van der Waals surface area contributed by atoms with Gasteiger partial charge in [-0.3, -0.25) is 14.5 Å². The fourth-order valence-corrected chi connectivity index (χ4v) is 4.01. The molecule has 1 aromatic rings. The van der Waals surface area contributed by atoms with Crippen LogP contribution in [0.25, 0.3) is 5.57 Å². The first-order chi connectivity index (χ1) is 12.0. The lowest BCUT2D eigenvalue weighted by Crippen LogP contribution is -2.41. The Morgan fingerprint density at radius 1 is 1.04 bits per heavy atom. The molecule has 2 amide bonds. The molecule has 2 aliphatic rings. The number of hydrogen-bond donors (Lipinski definition) is 0. The molecule has 1 aromatic carbocycles. The standard InChI is InChI=1S/C20H26N2O3/c1-5-22-19(23)17(15-6-8-16(25-4)9-7-15)18(20(22)24)21-11-13(2)10-14(3)12-21/h6-9,13-14H,5,10-12H2,1-4H3. The molecule has 5 heteroatoms. The first-order valence-electron chi connectivity index (χ1n) is 8.96. The van der Waals surface area contributed by atoms with Crippen molar-refractivity contribution in [3.05, 3.63) is 35.5 Å². The zero-order chi connectivity index (χ0) is 18.1. The normalized spacial score (nSPS) is 24.3. The van der Waals surface area contributed by atoms with Crippen molar-refractivity contribution in [1.82, 2.24) is 9.80 Å². The van der Waals surface area contributed by atoms with Crippen molar-refractivity contribution >= 4 is 17.4 Å². The Balaban J connectivity index is 2.07. The second-order valence-electron chi connectivity index (χ2n) is 7.16. The summed E-state index contributed by atoms with van der Waals surface area (Å²) in [6, 6.07) is 7.37. The van der Waals surface area contributed by atoms with Gasteiger partial charge in [-0.15, -0.1) is 0 Å². The van der Waals surface area contributed by atoms with Crippen LogP contribution in [0.3, 0.4) is 0 Å². The number of likely N-dealkylation sites (tertiary alicyclic amines) is 1. The van der Waals surface area contributed by atoms with Gasteiger partial charge >= 0.3 is 0 Å². The van der Waals surface area contributed by atoms with Crippen molar-refractivity contribution in [2.45, 2.75) is 27.2 Å². The van der Waals surface area contributed by atoms with Crippen molar-refractivity contribution in [2.75, 3.05) is 26.7 Å². The summed E-state index contributed by atoms with van der Waals surface area (Å²) in [6.07, 6.45) is 1.15. The molecule has 2 unspecified atom stereocenters. The highest BCUT2D eigenvalue weighted by atomic mass is 16.5. The van der Waals surface area contributed by atoms with Crippen LogP contribution in [0.2, 0.25) is 0 Å². The minimum atomic E-state index is -0.196. The lowest BCUT2D eigenvalue weighted by molar-refractivity contribution is -0.137. The Morgan fingerprint density at radius 2 is 1.64 bits per heavy atom. The second-order valence-corrected chi connectivity index (χ2v) is 7.16. The Kier molecular flexibility index (Phi) is 4.84. The number of hydrogen-bond acceptors (Lipinski definition) is 4. The maximum atomic E-state index is 12.9. The van der Waals surface area contributed by atoms with E-state index in [0.29, 0.717) is 29.7 Å². The number of likely N-dealkylation sites (N-methyl/N-ethyl adjacent to an activating group) is 1. The van der Waals surface area contributed by atoms with Crippen LogP contribution in [0.15, 0.2) is 30.0 Å². The van der Waals surface area contributed by atoms with Crippen LogP contribution in [0.5, 0.6) is 5.75 Å². The number of ether oxygens (including phenoxy) is 1. The Bertz CT molecular complexity index is 698. The summed E-state index contributed by atoms with van der Waals surface area (Å²) in [5, 5.41) is 0. The molecular weight excluding hydrogens is 316 g/mol. The first-order valence-corrected chi connectivity index (χ1v) is 8.96. The zero-order valence-electron chi connectivity index (χ0n) is 15.4. The molecule has 2 atom stereocenters. The number of rotatable bonds is 4. The van der Waals surface area contributed by atoms with Gasteiger partial charge in [-0.1, -0.05) is 26.0 Å². The largest absolute Gasteiger partial charge is 0.497 e. The molecule has 0 spiro atoms. The highest BCUT2D eigenvalue weighted by Crippen LogP contribution is 2.35. The van der Waals surface area contributed by atoms with Crippen LogP contribution in [-0.2, 0) is 9.59 Å².